The summed E-state index contributed by atoms with van der Waals surface area (Å²) >= 11 is 0. The van der Waals surface area contributed by atoms with Gasteiger partial charge in [0.2, 0.25) is 0 Å². The summed E-state index contributed by atoms with van der Waals surface area (Å²) < 4.78 is 0. The fourth-order valence-electron chi connectivity index (χ4n) is 2.81. The second-order valence-corrected chi connectivity index (χ2v) is 7.25. The average Bonchev–Trinajstić information content (AvgIpc) is 2.60. The van der Waals surface area contributed by atoms with Crippen molar-refractivity contribution in [1.29, 1.82) is 0 Å². The summed E-state index contributed by atoms with van der Waals surface area (Å²) in [5.41, 5.74) is 8.79. The Kier molecular flexibility index (Phi) is 8.86. The van der Waals surface area contributed by atoms with E-state index in [4.69, 9.17) is 0 Å². The first-order valence-corrected chi connectivity index (χ1v) is 7.50. The molecule has 0 saturated heterocycles. The second kappa shape index (κ2) is 8.09. The van der Waals surface area contributed by atoms with Gasteiger partial charge in [-0.1, -0.05) is 66.2 Å². The third-order valence-corrected chi connectivity index (χ3v) is 5.12. The van der Waals surface area contributed by atoms with Crippen molar-refractivity contribution in [2.45, 2.75) is 69.2 Å². The monoisotopic (exact) mass is 356 g/mol. The van der Waals surface area contributed by atoms with Crippen molar-refractivity contribution >= 4 is 0 Å². The Labute approximate surface area is 156 Å². The zero-order valence-electron chi connectivity index (χ0n) is 15.8. The molecule has 0 aromatic heterocycles. The minimum Gasteiger partial charge on any atom is -1.00 e. The molecule has 2 aliphatic carbocycles. The van der Waals surface area contributed by atoms with Gasteiger partial charge in [-0.2, -0.15) is 22.3 Å². The van der Waals surface area contributed by atoms with Crippen LogP contribution < -0.4 is 12.4 Å². The largest absolute Gasteiger partial charge is 1.00 e. The molecule has 0 heterocycles. The molecule has 0 aromatic carbocycles. The van der Waals surface area contributed by atoms with Crippen LogP contribution in [0.5, 0.6) is 0 Å². The van der Waals surface area contributed by atoms with E-state index in [2.05, 4.69) is 81.4 Å². The van der Waals surface area contributed by atoms with Crippen molar-refractivity contribution in [3.63, 3.8) is 0 Å². The van der Waals surface area contributed by atoms with E-state index in [0.29, 0.717) is 0 Å². The van der Waals surface area contributed by atoms with E-state index in [9.17, 15) is 0 Å². The van der Waals surface area contributed by atoms with E-state index in [1.807, 2.05) is 0 Å². The van der Waals surface area contributed by atoms with E-state index in [1.54, 1.807) is 0 Å². The molecule has 0 nitrogen and oxygen atoms in total. The Morgan fingerprint density at radius 2 is 0.818 bits per heavy atom. The molecule has 0 N–H and O–H groups in total. The van der Waals surface area contributed by atoms with E-state index < -0.39 is 0 Å². The molecular weight excluding hydrogens is 327 g/mol. The Morgan fingerprint density at radius 1 is 0.591 bits per heavy atom. The fourth-order valence-corrected chi connectivity index (χ4v) is 2.81. The number of allylic oxidation sites excluding steroid dienone is 8. The van der Waals surface area contributed by atoms with Gasteiger partial charge >= 0.3 is 0 Å². The van der Waals surface area contributed by atoms with Crippen LogP contribution in [0.1, 0.15) is 69.2 Å². The van der Waals surface area contributed by atoms with Gasteiger partial charge in [0.05, 0.1) is 0 Å². The van der Waals surface area contributed by atoms with Crippen molar-refractivity contribution in [2.24, 2.45) is 10.8 Å². The van der Waals surface area contributed by atoms with Gasteiger partial charge in [0.1, 0.15) is 0 Å². The summed E-state index contributed by atoms with van der Waals surface area (Å²) in [4.78, 5) is 0. The molecule has 2 aliphatic rings. The van der Waals surface area contributed by atoms with Crippen LogP contribution in [0.3, 0.4) is 0 Å². The minimum atomic E-state index is 0. The Morgan fingerprint density at radius 3 is 0.864 bits per heavy atom. The molecule has 0 spiro atoms. The number of hydrogen-bond donors (Lipinski definition) is 0. The van der Waals surface area contributed by atoms with Crippen molar-refractivity contribution in [1.82, 2.24) is 0 Å². The fraction of sp³-hybridized carbons (Fsp3) is 0.600. The van der Waals surface area contributed by atoms with Crippen LogP contribution in [0.4, 0.5) is 0 Å². The van der Waals surface area contributed by atoms with Gasteiger partial charge in [-0.3, -0.25) is 12.2 Å². The van der Waals surface area contributed by atoms with Crippen molar-refractivity contribution in [2.75, 3.05) is 0 Å². The van der Waals surface area contributed by atoms with Gasteiger partial charge in [0, 0.05) is 18.6 Å². The van der Waals surface area contributed by atoms with E-state index in [0.717, 1.165) is 0 Å². The summed E-state index contributed by atoms with van der Waals surface area (Å²) in [6.45, 7) is 21.8. The molecule has 0 amide bonds. The number of hydrogen-bond acceptors (Lipinski definition) is 0. The van der Waals surface area contributed by atoms with Gasteiger partial charge in [0.25, 0.3) is 0 Å². The quantitative estimate of drug-likeness (QED) is 0.585. The van der Waals surface area contributed by atoms with Crippen LogP contribution in [0.15, 0.2) is 33.4 Å². The number of rotatable bonds is 0. The molecule has 0 saturated carbocycles. The van der Waals surface area contributed by atoms with Crippen molar-refractivity contribution < 1.29 is 31.0 Å². The SMILES string of the molecule is CC1=[C-]C(C)(C)C(C)=C1C.CC1=[C-]C(C)(C)C(C)=C1C.[Cl-].[V]. The predicted molar refractivity (Wildman–Crippen MR) is 89.2 cm³/mol. The molecule has 125 valence electrons. The van der Waals surface area contributed by atoms with Gasteiger partial charge < -0.3 is 12.4 Å². The van der Waals surface area contributed by atoms with E-state index >= 15 is 0 Å². The summed E-state index contributed by atoms with van der Waals surface area (Å²) in [5, 5.41) is 0. The maximum atomic E-state index is 3.44. The summed E-state index contributed by atoms with van der Waals surface area (Å²) in [6, 6.07) is 0. The third kappa shape index (κ3) is 4.92. The van der Waals surface area contributed by atoms with Crippen LogP contribution in [0.2, 0.25) is 0 Å². The molecule has 1 radical (unpaired) electrons. The molecule has 2 heteroatoms. The average molecular weight is 357 g/mol. The Bertz CT molecular complexity index is 490. The predicted octanol–water partition coefficient (Wildman–Crippen LogP) is 3.23. The standard InChI is InChI=1S/2C10H15.ClH.V/c2*1-7-6-10(4,5)9(3)8(7)2;;/h2*1-5H3;1H;/q2*-1;;/p-1. The summed E-state index contributed by atoms with van der Waals surface area (Å²) in [7, 11) is 0. The van der Waals surface area contributed by atoms with Gasteiger partial charge in [-0.15, -0.1) is 13.8 Å². The maximum absolute atomic E-state index is 3.44. The topological polar surface area (TPSA) is 0 Å². The second-order valence-electron chi connectivity index (χ2n) is 7.25. The third-order valence-electron chi connectivity index (χ3n) is 5.12. The Hall–Kier alpha value is -0.166. The molecule has 0 bridgehead atoms. The first-order chi connectivity index (χ1) is 8.90. The van der Waals surface area contributed by atoms with Crippen LogP contribution in [0, 0.1) is 23.0 Å². The molecule has 0 aliphatic heterocycles. The maximum Gasteiger partial charge on any atom is 0 e. The first kappa shape index (κ1) is 24.1. The van der Waals surface area contributed by atoms with Crippen LogP contribution in [0.25, 0.3) is 0 Å². The normalized spacial score (nSPS) is 21.4. The molecule has 0 atom stereocenters. The minimum absolute atomic E-state index is 0. The van der Waals surface area contributed by atoms with Crippen LogP contribution in [-0.4, -0.2) is 0 Å². The molecule has 22 heavy (non-hydrogen) atoms. The van der Waals surface area contributed by atoms with Crippen LogP contribution >= 0.6 is 0 Å². The smallest absolute Gasteiger partial charge is 0 e. The zero-order chi connectivity index (χ0) is 15.9. The Balaban J connectivity index is 0. The van der Waals surface area contributed by atoms with Gasteiger partial charge in [-0.25, -0.2) is 11.1 Å². The van der Waals surface area contributed by atoms with Crippen molar-refractivity contribution in [3.8, 4) is 0 Å². The van der Waals surface area contributed by atoms with Crippen LogP contribution in [-0.2, 0) is 18.6 Å². The van der Waals surface area contributed by atoms with E-state index in [1.165, 1.54) is 33.4 Å². The molecule has 0 unspecified atom stereocenters. The zero-order valence-corrected chi connectivity index (χ0v) is 18.0. The molecule has 2 rings (SSSR count). The molecule has 0 aromatic rings. The first-order valence-electron chi connectivity index (χ1n) is 7.50. The van der Waals surface area contributed by atoms with Crippen molar-refractivity contribution in [3.05, 3.63) is 45.6 Å². The van der Waals surface area contributed by atoms with Gasteiger partial charge in [0.15, 0.2) is 0 Å². The molecular formula is C20H30ClV-3. The molecule has 0 fully saturated rings. The van der Waals surface area contributed by atoms with Gasteiger partial charge in [-0.05, 0) is 0 Å². The van der Waals surface area contributed by atoms with E-state index in [-0.39, 0.29) is 41.8 Å². The summed E-state index contributed by atoms with van der Waals surface area (Å²) in [5.74, 6) is 0. The summed E-state index contributed by atoms with van der Waals surface area (Å²) in [6.07, 6.45) is 6.87. The number of halogens is 1.